The number of hydrogen-bond acceptors (Lipinski definition) is 4. The van der Waals surface area contributed by atoms with E-state index in [9.17, 15) is 27.9 Å². The van der Waals surface area contributed by atoms with Gasteiger partial charge in [-0.1, -0.05) is 47.5 Å². The molecule has 3 aromatic carbocycles. The van der Waals surface area contributed by atoms with E-state index in [0.717, 1.165) is 17.6 Å². The summed E-state index contributed by atoms with van der Waals surface area (Å²) in [7, 11) is 0. The number of carbonyl (C=O) groups excluding carboxylic acids is 1. The van der Waals surface area contributed by atoms with Gasteiger partial charge in [-0.3, -0.25) is 14.2 Å². The molecule has 0 spiro atoms. The van der Waals surface area contributed by atoms with Crippen LogP contribution in [0.25, 0.3) is 10.9 Å². The van der Waals surface area contributed by atoms with E-state index in [4.69, 9.17) is 23.2 Å². The highest BCUT2D eigenvalue weighted by atomic mass is 35.5. The van der Waals surface area contributed by atoms with Crippen LogP contribution in [0.1, 0.15) is 34.2 Å². The van der Waals surface area contributed by atoms with Crippen molar-refractivity contribution in [3.05, 3.63) is 97.3 Å². The van der Waals surface area contributed by atoms with Gasteiger partial charge in [0.2, 0.25) is 0 Å². The van der Waals surface area contributed by atoms with E-state index in [1.807, 2.05) is 0 Å². The molecule has 0 unspecified atom stereocenters. The van der Waals surface area contributed by atoms with Crippen LogP contribution in [0.3, 0.4) is 0 Å². The summed E-state index contributed by atoms with van der Waals surface area (Å²) in [5.41, 5.74) is -1.18. The van der Waals surface area contributed by atoms with Gasteiger partial charge in [-0.15, -0.1) is 0 Å². The molecule has 0 saturated heterocycles. The van der Waals surface area contributed by atoms with Gasteiger partial charge in [-0.2, -0.15) is 0 Å². The molecule has 0 saturated carbocycles. The number of aromatic hydroxyl groups is 1. The Morgan fingerprint density at radius 2 is 1.78 bits per heavy atom. The Bertz CT molecular complexity index is 1560. The molecule has 11 heteroatoms. The quantitative estimate of drug-likeness (QED) is 0.315. The number of nitrogens with zero attached hydrogens (tertiary/aromatic N) is 2. The van der Waals surface area contributed by atoms with E-state index in [1.165, 1.54) is 43.3 Å². The summed E-state index contributed by atoms with van der Waals surface area (Å²) in [6.45, 7) is 1.96. The molecule has 2 N–H and O–H groups in total. The number of aryl methyl sites for hydroxylation is 1. The van der Waals surface area contributed by atoms with E-state index >= 15 is 0 Å². The maximum atomic E-state index is 14.6. The minimum atomic E-state index is -3.16. The second kappa shape index (κ2) is 9.48. The molecule has 4 rings (SSSR count). The lowest BCUT2D eigenvalue weighted by Gasteiger charge is -2.18. The van der Waals surface area contributed by atoms with Crippen LogP contribution in [0, 0.1) is 12.7 Å². The van der Waals surface area contributed by atoms with Crippen LogP contribution in [0.15, 0.2) is 53.3 Å². The van der Waals surface area contributed by atoms with Crippen LogP contribution >= 0.6 is 23.2 Å². The first-order chi connectivity index (χ1) is 16.9. The SMILES string of the molecule is Cc1nc2c(F)ccc(NC(=O)c3cc(Cl)c(O)c(Cl)c3)c2c(=O)n1Cc1ccccc1C(C)(F)F. The Morgan fingerprint density at radius 1 is 1.14 bits per heavy atom. The largest absolute Gasteiger partial charge is 0.505 e. The van der Waals surface area contributed by atoms with Gasteiger partial charge in [-0.05, 0) is 36.8 Å². The molecular formula is C25H18Cl2F3N3O3. The van der Waals surface area contributed by atoms with Crippen molar-refractivity contribution in [1.82, 2.24) is 9.55 Å². The number of anilines is 1. The number of rotatable bonds is 5. The van der Waals surface area contributed by atoms with Gasteiger partial charge in [-0.25, -0.2) is 18.2 Å². The van der Waals surface area contributed by atoms with Gasteiger partial charge < -0.3 is 10.4 Å². The Kier molecular flexibility index (Phi) is 6.72. The van der Waals surface area contributed by atoms with Gasteiger partial charge in [0.1, 0.15) is 17.2 Å². The number of fused-ring (bicyclic) bond motifs is 1. The molecule has 0 aliphatic rings. The summed E-state index contributed by atoms with van der Waals surface area (Å²) < 4.78 is 44.0. The van der Waals surface area contributed by atoms with Crippen molar-refractivity contribution >= 4 is 45.7 Å². The standard InChI is InChI=1S/C25H18Cl2F3N3O3/c1-12-31-21-18(28)7-8-19(32-23(35)14-9-16(26)22(34)17(27)10-14)20(21)24(36)33(12)11-13-5-3-4-6-15(13)25(2,29)30/h3-10,34H,11H2,1-2H3,(H,32,35). The Labute approximate surface area is 212 Å². The molecule has 1 aromatic heterocycles. The zero-order valence-electron chi connectivity index (χ0n) is 18.9. The van der Waals surface area contributed by atoms with E-state index in [-0.39, 0.29) is 55.7 Å². The van der Waals surface area contributed by atoms with Gasteiger partial charge >= 0.3 is 0 Å². The molecule has 0 radical (unpaired) electrons. The molecule has 186 valence electrons. The van der Waals surface area contributed by atoms with Crippen molar-refractivity contribution in [2.45, 2.75) is 26.3 Å². The fourth-order valence-electron chi connectivity index (χ4n) is 3.83. The van der Waals surface area contributed by atoms with E-state index < -0.39 is 29.0 Å². The Balaban J connectivity index is 1.83. The zero-order valence-corrected chi connectivity index (χ0v) is 20.4. The molecule has 36 heavy (non-hydrogen) atoms. The minimum Gasteiger partial charge on any atom is -0.505 e. The molecule has 0 aliphatic carbocycles. The average Bonchev–Trinajstić information content (AvgIpc) is 2.81. The van der Waals surface area contributed by atoms with Crippen LogP contribution in [-0.4, -0.2) is 20.6 Å². The van der Waals surface area contributed by atoms with Crippen LogP contribution in [0.4, 0.5) is 18.9 Å². The number of phenolic OH excluding ortho intramolecular Hbond substituents is 1. The number of benzene rings is 3. The van der Waals surface area contributed by atoms with Crippen molar-refractivity contribution in [1.29, 1.82) is 0 Å². The van der Waals surface area contributed by atoms with Crippen LogP contribution < -0.4 is 10.9 Å². The van der Waals surface area contributed by atoms with Gasteiger partial charge in [0, 0.05) is 18.1 Å². The van der Waals surface area contributed by atoms with E-state index in [2.05, 4.69) is 10.3 Å². The first kappa shape index (κ1) is 25.5. The predicted octanol–water partition coefficient (Wildman–Crippen LogP) is 6.27. The van der Waals surface area contributed by atoms with Crippen LogP contribution in [0.5, 0.6) is 5.75 Å². The van der Waals surface area contributed by atoms with Crippen molar-refractivity contribution < 1.29 is 23.1 Å². The highest BCUT2D eigenvalue weighted by molar-refractivity contribution is 6.37. The summed E-state index contributed by atoms with van der Waals surface area (Å²) in [4.78, 5) is 30.5. The highest BCUT2D eigenvalue weighted by Crippen LogP contribution is 2.33. The minimum absolute atomic E-state index is 0.0280. The summed E-state index contributed by atoms with van der Waals surface area (Å²) in [5, 5.41) is 11.7. The van der Waals surface area contributed by atoms with E-state index in [1.54, 1.807) is 6.07 Å². The molecule has 6 nitrogen and oxygen atoms in total. The lowest BCUT2D eigenvalue weighted by Crippen LogP contribution is -2.27. The third-order valence-electron chi connectivity index (χ3n) is 5.60. The monoisotopic (exact) mass is 535 g/mol. The fourth-order valence-corrected chi connectivity index (χ4v) is 4.32. The Hall–Kier alpha value is -3.56. The van der Waals surface area contributed by atoms with Gasteiger partial charge in [0.05, 0.1) is 27.7 Å². The smallest absolute Gasteiger partial charge is 0.270 e. The molecule has 1 amide bonds. The third kappa shape index (κ3) is 4.76. The first-order valence-corrected chi connectivity index (χ1v) is 11.3. The summed E-state index contributed by atoms with van der Waals surface area (Å²) in [6, 6.07) is 10.3. The van der Waals surface area contributed by atoms with Crippen molar-refractivity contribution in [3.8, 4) is 5.75 Å². The normalized spacial score (nSPS) is 11.6. The summed E-state index contributed by atoms with van der Waals surface area (Å²) in [6.07, 6.45) is 0. The second-order valence-electron chi connectivity index (χ2n) is 8.16. The predicted molar refractivity (Wildman–Crippen MR) is 132 cm³/mol. The van der Waals surface area contributed by atoms with Crippen molar-refractivity contribution in [2.24, 2.45) is 0 Å². The molecular weight excluding hydrogens is 518 g/mol. The first-order valence-electron chi connectivity index (χ1n) is 10.5. The molecule has 4 aromatic rings. The number of nitrogens with one attached hydrogen (secondary N) is 1. The van der Waals surface area contributed by atoms with Crippen LogP contribution in [-0.2, 0) is 12.5 Å². The number of carbonyl (C=O) groups is 1. The third-order valence-corrected chi connectivity index (χ3v) is 6.17. The second-order valence-corrected chi connectivity index (χ2v) is 8.97. The maximum Gasteiger partial charge on any atom is 0.270 e. The van der Waals surface area contributed by atoms with E-state index in [0.29, 0.717) is 0 Å². The Morgan fingerprint density at radius 3 is 2.42 bits per heavy atom. The molecule has 0 atom stereocenters. The number of aromatic nitrogens is 2. The number of alkyl halides is 2. The van der Waals surface area contributed by atoms with Crippen molar-refractivity contribution in [2.75, 3.05) is 5.32 Å². The lowest BCUT2D eigenvalue weighted by molar-refractivity contribution is 0.0164. The zero-order chi connectivity index (χ0) is 26.4. The van der Waals surface area contributed by atoms with Gasteiger partial charge in [0.15, 0.2) is 5.75 Å². The molecule has 0 fully saturated rings. The fraction of sp³-hybridized carbons (Fsp3) is 0.160. The summed E-state index contributed by atoms with van der Waals surface area (Å²) in [5.74, 6) is -5.00. The summed E-state index contributed by atoms with van der Waals surface area (Å²) >= 11 is 11.8. The number of halogens is 5. The number of phenols is 1. The maximum absolute atomic E-state index is 14.6. The number of hydrogen-bond donors (Lipinski definition) is 2. The lowest BCUT2D eigenvalue weighted by atomic mass is 10.0. The molecule has 0 aliphatic heterocycles. The topological polar surface area (TPSA) is 84.2 Å². The van der Waals surface area contributed by atoms with Crippen molar-refractivity contribution in [3.63, 3.8) is 0 Å². The highest BCUT2D eigenvalue weighted by Gasteiger charge is 2.28. The number of amides is 1. The average molecular weight is 536 g/mol. The van der Waals surface area contributed by atoms with Crippen LogP contribution in [0.2, 0.25) is 10.0 Å². The molecule has 1 heterocycles. The molecule has 0 bridgehead atoms. The van der Waals surface area contributed by atoms with Gasteiger partial charge in [0.25, 0.3) is 17.4 Å².